The zero-order valence-electron chi connectivity index (χ0n) is 11.6. The van der Waals surface area contributed by atoms with Gasteiger partial charge in [0.05, 0.1) is 28.6 Å². The van der Waals surface area contributed by atoms with Gasteiger partial charge in [-0.3, -0.25) is 4.79 Å². The van der Waals surface area contributed by atoms with Gasteiger partial charge in [0.1, 0.15) is 0 Å². The normalized spacial score (nSPS) is 9.86. The molecule has 0 saturated heterocycles. The van der Waals surface area contributed by atoms with Gasteiger partial charge >= 0.3 is 0 Å². The van der Waals surface area contributed by atoms with Gasteiger partial charge < -0.3 is 11.1 Å². The van der Waals surface area contributed by atoms with Crippen LogP contribution >= 0.6 is 22.9 Å². The largest absolute Gasteiger partial charge is 0.347 e. The molecule has 3 nitrogen and oxygen atoms in total. The van der Waals surface area contributed by atoms with Crippen LogP contribution in [-0.4, -0.2) is 12.5 Å². The first-order valence-electron chi connectivity index (χ1n) is 6.42. The Morgan fingerprint density at radius 3 is 2.90 bits per heavy atom. The Bertz CT molecular complexity index is 713. The van der Waals surface area contributed by atoms with E-state index in [2.05, 4.69) is 17.2 Å². The highest BCUT2D eigenvalue weighted by Gasteiger charge is 2.10. The summed E-state index contributed by atoms with van der Waals surface area (Å²) < 4.78 is 0. The Balaban J connectivity index is 1.99. The molecule has 0 fully saturated rings. The predicted molar refractivity (Wildman–Crippen MR) is 87.6 cm³/mol. The number of carbonyl (C=O) groups is 1. The monoisotopic (exact) mass is 318 g/mol. The molecule has 108 valence electrons. The summed E-state index contributed by atoms with van der Waals surface area (Å²) >= 11 is 7.62. The van der Waals surface area contributed by atoms with Crippen molar-refractivity contribution in [1.29, 1.82) is 0 Å². The molecule has 5 heteroatoms. The number of aryl methyl sites for hydroxylation is 1. The lowest BCUT2D eigenvalue weighted by atomic mass is 10.1. The van der Waals surface area contributed by atoms with E-state index in [9.17, 15) is 4.79 Å². The van der Waals surface area contributed by atoms with Crippen LogP contribution in [0.15, 0.2) is 30.3 Å². The SMILES string of the molecule is Cc1ccc(C(=O)NCc2ccc(C#CCN)s2)c(Cl)c1. The second kappa shape index (κ2) is 7.28. The first kappa shape index (κ1) is 15.6. The van der Waals surface area contributed by atoms with E-state index in [1.165, 1.54) is 11.3 Å². The molecule has 0 aliphatic rings. The van der Waals surface area contributed by atoms with Crippen LogP contribution in [0.1, 0.15) is 25.7 Å². The molecule has 0 radical (unpaired) electrons. The quantitative estimate of drug-likeness (QED) is 0.855. The van der Waals surface area contributed by atoms with E-state index in [4.69, 9.17) is 17.3 Å². The van der Waals surface area contributed by atoms with Gasteiger partial charge in [-0.1, -0.05) is 29.5 Å². The summed E-state index contributed by atoms with van der Waals surface area (Å²) in [5.41, 5.74) is 6.85. The molecule has 1 heterocycles. The van der Waals surface area contributed by atoms with Crippen molar-refractivity contribution in [3.8, 4) is 11.8 Å². The van der Waals surface area contributed by atoms with Crippen molar-refractivity contribution in [2.45, 2.75) is 13.5 Å². The average molecular weight is 319 g/mol. The maximum Gasteiger partial charge on any atom is 0.253 e. The Hall–Kier alpha value is -1.80. The number of benzene rings is 1. The van der Waals surface area contributed by atoms with Gasteiger partial charge in [-0.2, -0.15) is 0 Å². The van der Waals surface area contributed by atoms with Crippen LogP contribution in [0.2, 0.25) is 5.02 Å². The maximum atomic E-state index is 12.1. The molecule has 0 spiro atoms. The van der Waals surface area contributed by atoms with Crippen LogP contribution in [0.25, 0.3) is 0 Å². The van der Waals surface area contributed by atoms with Gasteiger partial charge in [-0.25, -0.2) is 0 Å². The number of amides is 1. The fourth-order valence-corrected chi connectivity index (χ4v) is 2.89. The smallest absolute Gasteiger partial charge is 0.253 e. The van der Waals surface area contributed by atoms with Gasteiger partial charge in [0.15, 0.2) is 0 Å². The zero-order valence-corrected chi connectivity index (χ0v) is 13.1. The number of thiophene rings is 1. The zero-order chi connectivity index (χ0) is 15.2. The lowest BCUT2D eigenvalue weighted by Gasteiger charge is -2.06. The third-order valence-electron chi connectivity index (χ3n) is 2.77. The second-order valence-corrected chi connectivity index (χ2v) is 6.01. The van der Waals surface area contributed by atoms with E-state index in [1.807, 2.05) is 25.1 Å². The first-order chi connectivity index (χ1) is 10.1. The Kier molecular flexibility index (Phi) is 5.40. The van der Waals surface area contributed by atoms with E-state index < -0.39 is 0 Å². The molecule has 0 atom stereocenters. The lowest BCUT2D eigenvalue weighted by molar-refractivity contribution is 0.0951. The van der Waals surface area contributed by atoms with Crippen molar-refractivity contribution < 1.29 is 4.79 Å². The molecule has 1 amide bonds. The van der Waals surface area contributed by atoms with Crippen LogP contribution < -0.4 is 11.1 Å². The summed E-state index contributed by atoms with van der Waals surface area (Å²) in [6.07, 6.45) is 0. The summed E-state index contributed by atoms with van der Waals surface area (Å²) in [7, 11) is 0. The molecule has 1 aromatic heterocycles. The van der Waals surface area contributed by atoms with E-state index in [-0.39, 0.29) is 5.91 Å². The number of nitrogens with one attached hydrogen (secondary N) is 1. The molecule has 0 saturated carbocycles. The fraction of sp³-hybridized carbons (Fsp3) is 0.188. The lowest BCUT2D eigenvalue weighted by Crippen LogP contribution is -2.22. The number of hydrogen-bond acceptors (Lipinski definition) is 3. The van der Waals surface area contributed by atoms with Gasteiger partial charge in [0.2, 0.25) is 0 Å². The fourth-order valence-electron chi connectivity index (χ4n) is 1.75. The third kappa shape index (κ3) is 4.33. The molecule has 2 rings (SSSR count). The number of hydrogen-bond donors (Lipinski definition) is 2. The number of nitrogens with two attached hydrogens (primary N) is 1. The van der Waals surface area contributed by atoms with E-state index in [0.717, 1.165) is 15.3 Å². The second-order valence-electron chi connectivity index (χ2n) is 4.44. The van der Waals surface area contributed by atoms with Crippen molar-refractivity contribution in [3.05, 3.63) is 56.2 Å². The molecule has 0 aliphatic heterocycles. The van der Waals surface area contributed by atoms with Gasteiger partial charge in [-0.15, -0.1) is 11.3 Å². The number of carbonyl (C=O) groups excluding carboxylic acids is 1. The van der Waals surface area contributed by atoms with E-state index >= 15 is 0 Å². The standard InChI is InChI=1S/C16H15ClN2OS/c1-11-4-7-14(15(17)9-11)16(20)19-10-13-6-5-12(21-13)3-2-8-18/h4-7,9H,8,10,18H2,1H3,(H,19,20). The average Bonchev–Trinajstić information content (AvgIpc) is 2.90. The number of halogens is 1. The van der Waals surface area contributed by atoms with Crippen molar-refractivity contribution in [2.75, 3.05) is 6.54 Å². The van der Waals surface area contributed by atoms with Crippen LogP contribution in [0.3, 0.4) is 0 Å². The van der Waals surface area contributed by atoms with Crippen molar-refractivity contribution in [3.63, 3.8) is 0 Å². The van der Waals surface area contributed by atoms with E-state index in [0.29, 0.717) is 23.7 Å². The Morgan fingerprint density at radius 1 is 1.38 bits per heavy atom. The highest BCUT2D eigenvalue weighted by atomic mass is 35.5. The van der Waals surface area contributed by atoms with Gasteiger partial charge in [0, 0.05) is 4.88 Å². The van der Waals surface area contributed by atoms with Gasteiger partial charge in [-0.05, 0) is 36.8 Å². The van der Waals surface area contributed by atoms with Crippen molar-refractivity contribution in [2.24, 2.45) is 5.73 Å². The molecule has 1 aromatic carbocycles. The Labute approximate surface area is 133 Å². The summed E-state index contributed by atoms with van der Waals surface area (Å²) in [4.78, 5) is 14.1. The molecular formula is C16H15ClN2OS. The van der Waals surface area contributed by atoms with E-state index in [1.54, 1.807) is 12.1 Å². The minimum Gasteiger partial charge on any atom is -0.347 e. The summed E-state index contributed by atoms with van der Waals surface area (Å²) in [6.45, 7) is 2.73. The molecule has 0 bridgehead atoms. The van der Waals surface area contributed by atoms with Crippen molar-refractivity contribution >= 4 is 28.8 Å². The maximum absolute atomic E-state index is 12.1. The highest BCUT2D eigenvalue weighted by Crippen LogP contribution is 2.18. The van der Waals surface area contributed by atoms with Crippen LogP contribution in [-0.2, 0) is 6.54 Å². The predicted octanol–water partition coefficient (Wildman–Crippen LogP) is 2.95. The van der Waals surface area contributed by atoms with Gasteiger partial charge in [0.25, 0.3) is 5.91 Å². The summed E-state index contributed by atoms with van der Waals surface area (Å²) in [5.74, 6) is 5.60. The van der Waals surface area contributed by atoms with Crippen LogP contribution in [0, 0.1) is 18.8 Å². The highest BCUT2D eigenvalue weighted by molar-refractivity contribution is 7.12. The Morgan fingerprint density at radius 2 is 2.19 bits per heavy atom. The molecule has 0 aliphatic carbocycles. The van der Waals surface area contributed by atoms with Crippen LogP contribution in [0.4, 0.5) is 0 Å². The van der Waals surface area contributed by atoms with Crippen LogP contribution in [0.5, 0.6) is 0 Å². The minimum absolute atomic E-state index is 0.178. The van der Waals surface area contributed by atoms with Crippen molar-refractivity contribution in [1.82, 2.24) is 5.32 Å². The third-order valence-corrected chi connectivity index (χ3v) is 4.08. The molecule has 21 heavy (non-hydrogen) atoms. The first-order valence-corrected chi connectivity index (χ1v) is 7.61. The summed E-state index contributed by atoms with van der Waals surface area (Å²) in [5, 5.41) is 3.33. The topological polar surface area (TPSA) is 55.1 Å². The molecular weight excluding hydrogens is 304 g/mol. The molecule has 0 unspecified atom stereocenters. The molecule has 2 aromatic rings. The minimum atomic E-state index is -0.178. The summed E-state index contributed by atoms with van der Waals surface area (Å²) in [6, 6.07) is 9.25. The molecule has 3 N–H and O–H groups in total. The number of rotatable bonds is 3.